The van der Waals surface area contributed by atoms with Crippen LogP contribution in [0.5, 0.6) is 5.75 Å². The van der Waals surface area contributed by atoms with E-state index in [9.17, 15) is 5.11 Å². The lowest BCUT2D eigenvalue weighted by Gasteiger charge is -2.38. The van der Waals surface area contributed by atoms with Crippen molar-refractivity contribution in [1.29, 1.82) is 0 Å². The summed E-state index contributed by atoms with van der Waals surface area (Å²) in [5.74, 6) is 1.38. The van der Waals surface area contributed by atoms with E-state index in [1.54, 1.807) is 7.11 Å². The van der Waals surface area contributed by atoms with Gasteiger partial charge in [0.05, 0.1) is 13.2 Å². The highest BCUT2D eigenvalue weighted by molar-refractivity contribution is 9.10. The molecule has 0 heterocycles. The summed E-state index contributed by atoms with van der Waals surface area (Å²) in [7, 11) is 1.72. The summed E-state index contributed by atoms with van der Waals surface area (Å²) >= 11 is 3.75. The van der Waals surface area contributed by atoms with Gasteiger partial charge in [-0.3, -0.25) is 0 Å². The molecule has 4 rings (SSSR count). The number of ether oxygens (including phenoxy) is 1. The Labute approximate surface area is 139 Å². The average Bonchev–Trinajstić information content (AvgIpc) is 2.81. The molecule has 1 N–H and O–H groups in total. The zero-order chi connectivity index (χ0) is 15.5. The molecule has 0 spiro atoms. The summed E-state index contributed by atoms with van der Waals surface area (Å²) < 4.78 is 6.57. The van der Waals surface area contributed by atoms with Crippen molar-refractivity contribution >= 4 is 26.7 Å². The standard InChI is InChI=1S/C19H21BrO2/c1-19-6-5-13-15-8-12(22-2)3-4-14(15)18(20)9-16(13)17(19)7-11(21)10-19/h3-4,8-9,11,17,21H,5-7,10H2,1-2H3/t11-,17?,19-/m1/s1. The third-order valence-electron chi connectivity index (χ3n) is 5.81. The second-order valence-corrected chi connectivity index (χ2v) is 7.99. The number of rotatable bonds is 1. The quantitative estimate of drug-likeness (QED) is 0.791. The fraction of sp³-hybridized carbons (Fsp3) is 0.474. The van der Waals surface area contributed by atoms with E-state index in [0.717, 1.165) is 35.9 Å². The molecule has 3 atom stereocenters. The van der Waals surface area contributed by atoms with E-state index in [0.29, 0.717) is 5.92 Å². The van der Waals surface area contributed by atoms with Crippen molar-refractivity contribution < 1.29 is 9.84 Å². The van der Waals surface area contributed by atoms with Gasteiger partial charge < -0.3 is 9.84 Å². The Morgan fingerprint density at radius 3 is 2.86 bits per heavy atom. The molecular weight excluding hydrogens is 340 g/mol. The van der Waals surface area contributed by atoms with Gasteiger partial charge in [0.1, 0.15) is 5.75 Å². The molecule has 2 aliphatic rings. The van der Waals surface area contributed by atoms with Crippen LogP contribution in [0.4, 0.5) is 0 Å². The Bertz CT molecular complexity index is 755. The van der Waals surface area contributed by atoms with Crippen molar-refractivity contribution in [2.45, 2.75) is 44.6 Å². The first-order chi connectivity index (χ1) is 10.5. The molecule has 0 aliphatic heterocycles. The highest BCUT2D eigenvalue weighted by Crippen LogP contribution is 2.57. The maximum atomic E-state index is 10.2. The van der Waals surface area contributed by atoms with Gasteiger partial charge in [-0.2, -0.15) is 0 Å². The second-order valence-electron chi connectivity index (χ2n) is 7.14. The van der Waals surface area contributed by atoms with Crippen LogP contribution < -0.4 is 4.74 Å². The van der Waals surface area contributed by atoms with Crippen LogP contribution in [0, 0.1) is 5.41 Å². The lowest BCUT2D eigenvalue weighted by molar-refractivity contribution is 0.159. The molecule has 0 aromatic heterocycles. The molecule has 0 bridgehead atoms. The Morgan fingerprint density at radius 1 is 1.27 bits per heavy atom. The Balaban J connectivity index is 1.96. The summed E-state index contributed by atoms with van der Waals surface area (Å²) in [6.07, 6.45) is 3.93. The van der Waals surface area contributed by atoms with Crippen molar-refractivity contribution in [3.05, 3.63) is 39.9 Å². The average molecular weight is 361 g/mol. The number of methoxy groups -OCH3 is 1. The summed E-state index contributed by atoms with van der Waals surface area (Å²) in [6.45, 7) is 2.35. The van der Waals surface area contributed by atoms with Crippen LogP contribution in [-0.2, 0) is 6.42 Å². The topological polar surface area (TPSA) is 29.5 Å². The molecule has 2 nitrogen and oxygen atoms in total. The van der Waals surface area contributed by atoms with Gasteiger partial charge in [0.15, 0.2) is 0 Å². The monoisotopic (exact) mass is 360 g/mol. The van der Waals surface area contributed by atoms with E-state index in [-0.39, 0.29) is 11.5 Å². The smallest absolute Gasteiger partial charge is 0.119 e. The normalized spacial score (nSPS) is 30.2. The summed E-state index contributed by atoms with van der Waals surface area (Å²) in [5, 5.41) is 12.7. The summed E-state index contributed by atoms with van der Waals surface area (Å²) in [5.41, 5.74) is 3.13. The zero-order valence-corrected chi connectivity index (χ0v) is 14.6. The third kappa shape index (κ3) is 2.02. The molecule has 0 amide bonds. The molecule has 0 saturated heterocycles. The maximum Gasteiger partial charge on any atom is 0.119 e. The van der Waals surface area contributed by atoms with Crippen LogP contribution in [0.15, 0.2) is 28.7 Å². The molecule has 3 heteroatoms. The van der Waals surface area contributed by atoms with Gasteiger partial charge in [0.2, 0.25) is 0 Å². The summed E-state index contributed by atoms with van der Waals surface area (Å²) in [4.78, 5) is 0. The van der Waals surface area contributed by atoms with Crippen LogP contribution in [0.25, 0.3) is 10.8 Å². The van der Waals surface area contributed by atoms with E-state index in [1.807, 2.05) is 6.07 Å². The van der Waals surface area contributed by atoms with Crippen molar-refractivity contribution in [1.82, 2.24) is 0 Å². The number of hydrogen-bond donors (Lipinski definition) is 1. The van der Waals surface area contributed by atoms with Gasteiger partial charge in [0, 0.05) is 4.47 Å². The first-order valence-electron chi connectivity index (χ1n) is 7.99. The molecule has 2 aliphatic carbocycles. The van der Waals surface area contributed by atoms with Gasteiger partial charge in [-0.25, -0.2) is 0 Å². The van der Waals surface area contributed by atoms with Crippen LogP contribution in [0.3, 0.4) is 0 Å². The second kappa shape index (κ2) is 4.97. The first-order valence-corrected chi connectivity index (χ1v) is 8.78. The van der Waals surface area contributed by atoms with E-state index in [4.69, 9.17) is 4.74 Å². The van der Waals surface area contributed by atoms with Crippen molar-refractivity contribution in [2.75, 3.05) is 7.11 Å². The molecule has 0 radical (unpaired) electrons. The van der Waals surface area contributed by atoms with E-state index < -0.39 is 0 Å². The van der Waals surface area contributed by atoms with E-state index >= 15 is 0 Å². The van der Waals surface area contributed by atoms with Crippen molar-refractivity contribution in [2.24, 2.45) is 5.41 Å². The molecule has 1 unspecified atom stereocenters. The third-order valence-corrected chi connectivity index (χ3v) is 6.47. The number of halogens is 1. The Morgan fingerprint density at radius 2 is 2.09 bits per heavy atom. The summed E-state index contributed by atoms with van der Waals surface area (Å²) in [6, 6.07) is 8.61. The number of benzene rings is 2. The van der Waals surface area contributed by atoms with Crippen LogP contribution in [0.1, 0.15) is 43.2 Å². The number of hydrogen-bond acceptors (Lipinski definition) is 2. The van der Waals surface area contributed by atoms with Gasteiger partial charge in [-0.15, -0.1) is 0 Å². The molecule has 116 valence electrons. The predicted octanol–water partition coefficient (Wildman–Crippen LogP) is 4.80. The largest absolute Gasteiger partial charge is 0.497 e. The van der Waals surface area contributed by atoms with Crippen LogP contribution in [-0.4, -0.2) is 18.3 Å². The van der Waals surface area contributed by atoms with Crippen LogP contribution >= 0.6 is 15.9 Å². The zero-order valence-electron chi connectivity index (χ0n) is 13.0. The molecule has 22 heavy (non-hydrogen) atoms. The molecule has 2 aromatic rings. The molecule has 1 fully saturated rings. The van der Waals surface area contributed by atoms with Gasteiger partial charge in [0.25, 0.3) is 0 Å². The molecule has 2 aromatic carbocycles. The minimum absolute atomic E-state index is 0.152. The minimum Gasteiger partial charge on any atom is -0.497 e. The van der Waals surface area contributed by atoms with Gasteiger partial charge in [-0.05, 0) is 83.2 Å². The number of aliphatic hydroxyl groups is 1. The Hall–Kier alpha value is -1.06. The maximum absolute atomic E-state index is 10.2. The van der Waals surface area contributed by atoms with Crippen LogP contribution in [0.2, 0.25) is 0 Å². The fourth-order valence-corrected chi connectivity index (χ4v) is 5.26. The van der Waals surface area contributed by atoms with Crippen molar-refractivity contribution in [3.8, 4) is 5.75 Å². The fourth-order valence-electron chi connectivity index (χ4n) is 4.66. The lowest BCUT2D eigenvalue weighted by atomic mass is 9.66. The highest BCUT2D eigenvalue weighted by atomic mass is 79.9. The number of fused-ring (bicyclic) bond motifs is 5. The molecular formula is C19H21BrO2. The van der Waals surface area contributed by atoms with Crippen molar-refractivity contribution in [3.63, 3.8) is 0 Å². The van der Waals surface area contributed by atoms with E-state index in [2.05, 4.69) is 41.1 Å². The minimum atomic E-state index is -0.152. The first kappa shape index (κ1) is 14.5. The molecule has 1 saturated carbocycles. The SMILES string of the molecule is COc1ccc2c(Br)cc3c(c2c1)CC[C@]1(C)C[C@H](O)CC31. The predicted molar refractivity (Wildman–Crippen MR) is 92.6 cm³/mol. The number of aryl methyl sites for hydroxylation is 1. The Kier molecular flexibility index (Phi) is 3.28. The lowest BCUT2D eigenvalue weighted by Crippen LogP contribution is -2.26. The highest BCUT2D eigenvalue weighted by Gasteiger charge is 2.47. The van der Waals surface area contributed by atoms with Gasteiger partial charge >= 0.3 is 0 Å². The number of aliphatic hydroxyl groups excluding tert-OH is 1. The van der Waals surface area contributed by atoms with Gasteiger partial charge in [-0.1, -0.05) is 22.9 Å². The van der Waals surface area contributed by atoms with E-state index in [1.165, 1.54) is 21.9 Å².